The van der Waals surface area contributed by atoms with Crippen molar-refractivity contribution in [1.29, 1.82) is 0 Å². The molecule has 0 bridgehead atoms. The van der Waals surface area contributed by atoms with E-state index in [1.165, 1.54) is 6.07 Å². The number of hydrogen-bond acceptors (Lipinski definition) is 4. The normalized spacial score (nSPS) is 11.0. The van der Waals surface area contributed by atoms with E-state index in [1.807, 2.05) is 20.8 Å². The summed E-state index contributed by atoms with van der Waals surface area (Å²) in [6.45, 7) is 6.30. The van der Waals surface area contributed by atoms with Gasteiger partial charge in [0.1, 0.15) is 5.69 Å². The van der Waals surface area contributed by atoms with Crippen molar-refractivity contribution in [3.63, 3.8) is 0 Å². The Morgan fingerprint density at radius 3 is 2.55 bits per heavy atom. The predicted molar refractivity (Wildman–Crippen MR) is 81.8 cm³/mol. The van der Waals surface area contributed by atoms with E-state index in [4.69, 9.17) is 0 Å². The van der Waals surface area contributed by atoms with E-state index in [-0.39, 0.29) is 11.6 Å². The third kappa shape index (κ3) is 4.80. The van der Waals surface area contributed by atoms with Crippen LogP contribution < -0.4 is 10.6 Å². The van der Waals surface area contributed by atoms with Crippen LogP contribution >= 0.6 is 15.9 Å². The Morgan fingerprint density at radius 2 is 2.00 bits per heavy atom. The molecule has 0 fully saturated rings. The molecule has 0 atom stereocenters. The molecule has 20 heavy (non-hydrogen) atoms. The highest BCUT2D eigenvalue weighted by molar-refractivity contribution is 9.10. The zero-order valence-electron chi connectivity index (χ0n) is 11.7. The molecule has 0 radical (unpaired) electrons. The van der Waals surface area contributed by atoms with Gasteiger partial charge >= 0.3 is 0 Å². The maximum Gasteiger partial charge on any atom is 0.292 e. The lowest BCUT2D eigenvalue weighted by atomic mass is 9.96. The van der Waals surface area contributed by atoms with Crippen molar-refractivity contribution in [2.75, 3.05) is 18.4 Å². The van der Waals surface area contributed by atoms with Crippen LogP contribution in [-0.4, -0.2) is 23.9 Å². The summed E-state index contributed by atoms with van der Waals surface area (Å²) in [5, 5.41) is 16.6. The Hall–Kier alpha value is -1.63. The zero-order valence-corrected chi connectivity index (χ0v) is 13.3. The van der Waals surface area contributed by atoms with Crippen molar-refractivity contribution in [2.45, 2.75) is 20.8 Å². The second-order valence-corrected chi connectivity index (χ2v) is 6.27. The SMILES string of the molecule is CC(C)(C)C(=O)NCCNc1cc(Br)ccc1[N+](=O)[O-]. The van der Waals surface area contributed by atoms with Crippen molar-refractivity contribution in [3.8, 4) is 0 Å². The van der Waals surface area contributed by atoms with Crippen LogP contribution in [0.2, 0.25) is 0 Å². The highest BCUT2D eigenvalue weighted by Gasteiger charge is 2.20. The Kier molecular flexibility index (Phi) is 5.50. The fourth-order valence-corrected chi connectivity index (χ4v) is 1.81. The van der Waals surface area contributed by atoms with Crippen LogP contribution in [-0.2, 0) is 4.79 Å². The first-order valence-electron chi connectivity index (χ1n) is 6.18. The number of nitro benzene ring substituents is 1. The van der Waals surface area contributed by atoms with Crippen molar-refractivity contribution in [3.05, 3.63) is 32.8 Å². The summed E-state index contributed by atoms with van der Waals surface area (Å²) in [7, 11) is 0. The van der Waals surface area contributed by atoms with Crippen LogP contribution in [0.3, 0.4) is 0 Å². The van der Waals surface area contributed by atoms with Gasteiger partial charge in [-0.1, -0.05) is 36.7 Å². The summed E-state index contributed by atoms with van der Waals surface area (Å²) >= 11 is 3.27. The quantitative estimate of drug-likeness (QED) is 0.489. The lowest BCUT2D eigenvalue weighted by Crippen LogP contribution is -2.37. The molecule has 1 amide bonds. The number of nitrogens with one attached hydrogen (secondary N) is 2. The van der Waals surface area contributed by atoms with Crippen LogP contribution in [0.4, 0.5) is 11.4 Å². The monoisotopic (exact) mass is 343 g/mol. The average molecular weight is 344 g/mol. The van der Waals surface area contributed by atoms with Gasteiger partial charge in [0, 0.05) is 29.0 Å². The number of carbonyl (C=O) groups excluding carboxylic acids is 1. The molecule has 6 nitrogen and oxygen atoms in total. The summed E-state index contributed by atoms with van der Waals surface area (Å²) in [5.41, 5.74) is -0.00775. The molecule has 0 saturated carbocycles. The fraction of sp³-hybridized carbons (Fsp3) is 0.462. The first-order chi connectivity index (χ1) is 9.21. The van der Waals surface area contributed by atoms with Gasteiger partial charge in [-0.2, -0.15) is 0 Å². The maximum absolute atomic E-state index is 11.7. The van der Waals surface area contributed by atoms with Crippen molar-refractivity contribution < 1.29 is 9.72 Å². The summed E-state index contributed by atoms with van der Waals surface area (Å²) in [4.78, 5) is 22.1. The molecule has 0 aliphatic heterocycles. The standard InChI is InChI=1S/C13H18BrN3O3/c1-13(2,3)12(18)16-7-6-15-10-8-9(14)4-5-11(10)17(19)20/h4-5,8,15H,6-7H2,1-3H3,(H,16,18). The molecule has 110 valence electrons. The molecule has 2 N–H and O–H groups in total. The second-order valence-electron chi connectivity index (χ2n) is 5.35. The number of amides is 1. The van der Waals surface area contributed by atoms with Crippen LogP contribution in [0.25, 0.3) is 0 Å². The van der Waals surface area contributed by atoms with E-state index in [0.717, 1.165) is 4.47 Å². The molecule has 0 aliphatic rings. The summed E-state index contributed by atoms with van der Waals surface area (Å²) in [5.74, 6) is -0.0527. The minimum Gasteiger partial charge on any atom is -0.378 e. The van der Waals surface area contributed by atoms with Gasteiger partial charge in [0.2, 0.25) is 5.91 Å². The molecule has 0 spiro atoms. The molecule has 1 aromatic rings. The van der Waals surface area contributed by atoms with Crippen molar-refractivity contribution >= 4 is 33.2 Å². The minimum absolute atomic E-state index is 0.00958. The maximum atomic E-state index is 11.7. The molecule has 0 aromatic heterocycles. The third-order valence-corrected chi connectivity index (χ3v) is 3.06. The Bertz CT molecular complexity index is 512. The van der Waals surface area contributed by atoms with Gasteiger partial charge in [-0.15, -0.1) is 0 Å². The second kappa shape index (κ2) is 6.69. The average Bonchev–Trinajstić information content (AvgIpc) is 2.32. The van der Waals surface area contributed by atoms with E-state index < -0.39 is 10.3 Å². The van der Waals surface area contributed by atoms with Crippen LogP contribution in [0.1, 0.15) is 20.8 Å². The smallest absolute Gasteiger partial charge is 0.292 e. The van der Waals surface area contributed by atoms with Gasteiger partial charge in [0.05, 0.1) is 4.92 Å². The van der Waals surface area contributed by atoms with Crippen molar-refractivity contribution in [2.24, 2.45) is 5.41 Å². The zero-order chi connectivity index (χ0) is 15.3. The third-order valence-electron chi connectivity index (χ3n) is 2.56. The number of nitrogens with zero attached hydrogens (tertiary/aromatic N) is 1. The number of hydrogen-bond donors (Lipinski definition) is 2. The molecular formula is C13H18BrN3O3. The summed E-state index contributed by atoms with van der Waals surface area (Å²) < 4.78 is 0.754. The van der Waals surface area contributed by atoms with E-state index >= 15 is 0 Å². The number of carbonyl (C=O) groups is 1. The van der Waals surface area contributed by atoms with E-state index in [9.17, 15) is 14.9 Å². The van der Waals surface area contributed by atoms with Gasteiger partial charge in [0.15, 0.2) is 0 Å². The van der Waals surface area contributed by atoms with Gasteiger partial charge in [-0.05, 0) is 12.1 Å². The number of halogens is 1. The highest BCUT2D eigenvalue weighted by atomic mass is 79.9. The summed E-state index contributed by atoms with van der Waals surface area (Å²) in [6, 6.07) is 4.69. The van der Waals surface area contributed by atoms with Gasteiger partial charge in [-0.3, -0.25) is 14.9 Å². The summed E-state index contributed by atoms with van der Waals surface area (Å²) in [6.07, 6.45) is 0. The highest BCUT2D eigenvalue weighted by Crippen LogP contribution is 2.27. The minimum atomic E-state index is -0.443. The molecular weight excluding hydrogens is 326 g/mol. The first-order valence-corrected chi connectivity index (χ1v) is 6.97. The molecule has 1 aromatic carbocycles. The topological polar surface area (TPSA) is 84.3 Å². The lowest BCUT2D eigenvalue weighted by molar-refractivity contribution is -0.384. The Labute approximate surface area is 126 Å². The predicted octanol–water partition coefficient (Wildman–Crippen LogP) is 2.93. The fourth-order valence-electron chi connectivity index (χ4n) is 1.45. The van der Waals surface area contributed by atoms with Gasteiger partial charge < -0.3 is 10.6 Å². The molecule has 0 unspecified atom stereocenters. The molecule has 0 aliphatic carbocycles. The molecule has 0 heterocycles. The number of rotatable bonds is 5. The largest absolute Gasteiger partial charge is 0.378 e. The van der Waals surface area contributed by atoms with E-state index in [2.05, 4.69) is 26.6 Å². The Balaban J connectivity index is 2.56. The Morgan fingerprint density at radius 1 is 1.35 bits per heavy atom. The first kappa shape index (κ1) is 16.4. The van der Waals surface area contributed by atoms with Gasteiger partial charge in [-0.25, -0.2) is 0 Å². The van der Waals surface area contributed by atoms with Crippen molar-refractivity contribution in [1.82, 2.24) is 5.32 Å². The number of benzene rings is 1. The van der Waals surface area contributed by atoms with Crippen LogP contribution in [0, 0.1) is 15.5 Å². The lowest BCUT2D eigenvalue weighted by Gasteiger charge is -2.17. The van der Waals surface area contributed by atoms with Crippen LogP contribution in [0.5, 0.6) is 0 Å². The van der Waals surface area contributed by atoms with Gasteiger partial charge in [0.25, 0.3) is 5.69 Å². The number of anilines is 1. The number of nitro groups is 1. The molecule has 0 saturated heterocycles. The molecule has 7 heteroatoms. The molecule has 1 rings (SSSR count). The van der Waals surface area contributed by atoms with E-state index in [0.29, 0.717) is 18.8 Å². The van der Waals surface area contributed by atoms with Crippen LogP contribution in [0.15, 0.2) is 22.7 Å². The van der Waals surface area contributed by atoms with E-state index in [1.54, 1.807) is 12.1 Å².